The van der Waals surface area contributed by atoms with E-state index >= 15 is 0 Å². The SMILES string of the molecule is CC(C)N1CCN(C(=O)N2CCOCC2)CC1. The van der Waals surface area contributed by atoms with Crippen LogP contribution in [0.5, 0.6) is 0 Å². The summed E-state index contributed by atoms with van der Waals surface area (Å²) in [5.74, 6) is 0. The summed E-state index contributed by atoms with van der Waals surface area (Å²) in [4.78, 5) is 18.5. The Balaban J connectivity index is 1.81. The van der Waals surface area contributed by atoms with Crippen molar-refractivity contribution >= 4 is 6.03 Å². The van der Waals surface area contributed by atoms with E-state index in [-0.39, 0.29) is 6.03 Å². The van der Waals surface area contributed by atoms with Crippen molar-refractivity contribution in [2.45, 2.75) is 19.9 Å². The molecule has 17 heavy (non-hydrogen) atoms. The van der Waals surface area contributed by atoms with E-state index in [1.54, 1.807) is 0 Å². The lowest BCUT2D eigenvalue weighted by Crippen LogP contribution is -2.55. The predicted octanol–water partition coefficient (Wildman–Crippen LogP) is 0.465. The van der Waals surface area contributed by atoms with Gasteiger partial charge < -0.3 is 14.5 Å². The van der Waals surface area contributed by atoms with Crippen molar-refractivity contribution < 1.29 is 9.53 Å². The van der Waals surface area contributed by atoms with E-state index in [9.17, 15) is 4.79 Å². The molecule has 2 aliphatic rings. The minimum atomic E-state index is 0.191. The molecule has 2 saturated heterocycles. The fraction of sp³-hybridized carbons (Fsp3) is 0.917. The summed E-state index contributed by atoms with van der Waals surface area (Å²) in [5.41, 5.74) is 0. The predicted molar refractivity (Wildman–Crippen MR) is 66.1 cm³/mol. The van der Waals surface area contributed by atoms with Crippen molar-refractivity contribution in [1.29, 1.82) is 0 Å². The fourth-order valence-corrected chi connectivity index (χ4v) is 2.38. The van der Waals surface area contributed by atoms with E-state index < -0.39 is 0 Å². The summed E-state index contributed by atoms with van der Waals surface area (Å²) in [6.45, 7) is 10.9. The van der Waals surface area contributed by atoms with Crippen molar-refractivity contribution in [3.8, 4) is 0 Å². The number of urea groups is 1. The quantitative estimate of drug-likeness (QED) is 0.669. The third kappa shape index (κ3) is 3.10. The van der Waals surface area contributed by atoms with Gasteiger partial charge in [-0.3, -0.25) is 4.90 Å². The van der Waals surface area contributed by atoms with Crippen LogP contribution in [0.4, 0.5) is 4.79 Å². The first-order valence-electron chi connectivity index (χ1n) is 6.54. The smallest absolute Gasteiger partial charge is 0.320 e. The topological polar surface area (TPSA) is 36.0 Å². The number of rotatable bonds is 1. The zero-order valence-corrected chi connectivity index (χ0v) is 10.9. The van der Waals surface area contributed by atoms with Crippen LogP contribution in [0.3, 0.4) is 0 Å². The summed E-state index contributed by atoms with van der Waals surface area (Å²) in [5, 5.41) is 0. The van der Waals surface area contributed by atoms with Crippen LogP contribution in [0.2, 0.25) is 0 Å². The Bertz CT molecular complexity index is 256. The van der Waals surface area contributed by atoms with Gasteiger partial charge in [0, 0.05) is 45.3 Å². The van der Waals surface area contributed by atoms with E-state index in [4.69, 9.17) is 4.74 Å². The Labute approximate surface area is 103 Å². The maximum Gasteiger partial charge on any atom is 0.320 e. The molecule has 0 spiro atoms. The second-order valence-electron chi connectivity index (χ2n) is 5.00. The van der Waals surface area contributed by atoms with E-state index in [2.05, 4.69) is 18.7 Å². The van der Waals surface area contributed by atoms with Crippen LogP contribution < -0.4 is 0 Å². The molecule has 2 fully saturated rings. The largest absolute Gasteiger partial charge is 0.378 e. The molecule has 5 nitrogen and oxygen atoms in total. The Morgan fingerprint density at radius 3 is 2.00 bits per heavy atom. The highest BCUT2D eigenvalue weighted by molar-refractivity contribution is 5.74. The number of morpholine rings is 1. The molecule has 5 heteroatoms. The summed E-state index contributed by atoms with van der Waals surface area (Å²) in [6, 6.07) is 0.771. The zero-order chi connectivity index (χ0) is 12.3. The second kappa shape index (κ2) is 5.69. The first-order valence-corrected chi connectivity index (χ1v) is 6.54. The number of hydrogen-bond donors (Lipinski definition) is 0. The van der Waals surface area contributed by atoms with Gasteiger partial charge in [-0.05, 0) is 13.8 Å². The standard InChI is InChI=1S/C12H23N3O2/c1-11(2)13-3-5-14(6-4-13)12(16)15-7-9-17-10-8-15/h11H,3-10H2,1-2H3. The van der Waals surface area contributed by atoms with Crippen molar-refractivity contribution in [2.75, 3.05) is 52.5 Å². The fourth-order valence-electron chi connectivity index (χ4n) is 2.38. The molecule has 0 aliphatic carbocycles. The normalized spacial score (nSPS) is 23.2. The van der Waals surface area contributed by atoms with Gasteiger partial charge in [0.1, 0.15) is 0 Å². The molecule has 2 amide bonds. The third-order valence-corrected chi connectivity index (χ3v) is 3.60. The molecule has 0 N–H and O–H groups in total. The minimum Gasteiger partial charge on any atom is -0.378 e. The summed E-state index contributed by atoms with van der Waals surface area (Å²) < 4.78 is 5.27. The van der Waals surface area contributed by atoms with Gasteiger partial charge in [0.25, 0.3) is 0 Å². The van der Waals surface area contributed by atoms with Gasteiger partial charge in [-0.2, -0.15) is 0 Å². The number of nitrogens with zero attached hydrogens (tertiary/aromatic N) is 3. The molecule has 0 bridgehead atoms. The van der Waals surface area contributed by atoms with Gasteiger partial charge >= 0.3 is 6.03 Å². The molecule has 0 aromatic heterocycles. The van der Waals surface area contributed by atoms with Crippen molar-refractivity contribution in [1.82, 2.24) is 14.7 Å². The Morgan fingerprint density at radius 2 is 1.47 bits per heavy atom. The number of carbonyl (C=O) groups excluding carboxylic acids is 1. The maximum absolute atomic E-state index is 12.2. The van der Waals surface area contributed by atoms with Gasteiger partial charge in [0.15, 0.2) is 0 Å². The van der Waals surface area contributed by atoms with Gasteiger partial charge in [-0.25, -0.2) is 4.79 Å². The number of piperazine rings is 1. The monoisotopic (exact) mass is 241 g/mol. The molecule has 0 saturated carbocycles. The van der Waals surface area contributed by atoms with Gasteiger partial charge in [0.2, 0.25) is 0 Å². The number of hydrogen-bond acceptors (Lipinski definition) is 3. The summed E-state index contributed by atoms with van der Waals surface area (Å²) in [7, 11) is 0. The number of carbonyl (C=O) groups is 1. The van der Waals surface area contributed by atoms with E-state index in [1.165, 1.54) is 0 Å². The first-order chi connectivity index (χ1) is 8.18. The lowest BCUT2D eigenvalue weighted by atomic mass is 10.2. The molecule has 0 aromatic carbocycles. The highest BCUT2D eigenvalue weighted by atomic mass is 16.5. The average molecular weight is 241 g/mol. The third-order valence-electron chi connectivity index (χ3n) is 3.60. The van der Waals surface area contributed by atoms with Crippen LogP contribution in [0, 0.1) is 0 Å². The van der Waals surface area contributed by atoms with Gasteiger partial charge in [0.05, 0.1) is 13.2 Å². The zero-order valence-electron chi connectivity index (χ0n) is 10.9. The molecule has 2 heterocycles. The van der Waals surface area contributed by atoms with E-state index in [0.29, 0.717) is 19.3 Å². The highest BCUT2D eigenvalue weighted by Gasteiger charge is 2.26. The van der Waals surface area contributed by atoms with Crippen LogP contribution >= 0.6 is 0 Å². The van der Waals surface area contributed by atoms with Crippen LogP contribution in [-0.4, -0.2) is 79.3 Å². The molecule has 2 aliphatic heterocycles. The van der Waals surface area contributed by atoms with Crippen LogP contribution in [0.1, 0.15) is 13.8 Å². The Kier molecular flexibility index (Phi) is 4.23. The van der Waals surface area contributed by atoms with Crippen molar-refractivity contribution in [3.63, 3.8) is 0 Å². The van der Waals surface area contributed by atoms with E-state index in [0.717, 1.165) is 39.3 Å². The molecule has 98 valence electrons. The first kappa shape index (κ1) is 12.6. The lowest BCUT2D eigenvalue weighted by molar-refractivity contribution is 0.0359. The lowest BCUT2D eigenvalue weighted by Gasteiger charge is -2.39. The molecule has 0 radical (unpaired) electrons. The summed E-state index contributed by atoms with van der Waals surface area (Å²) in [6.07, 6.45) is 0. The highest BCUT2D eigenvalue weighted by Crippen LogP contribution is 2.09. The van der Waals surface area contributed by atoms with Crippen LogP contribution in [0.25, 0.3) is 0 Å². The minimum absolute atomic E-state index is 0.191. The number of ether oxygens (including phenoxy) is 1. The van der Waals surface area contributed by atoms with Crippen LogP contribution in [-0.2, 0) is 4.74 Å². The molecule has 0 unspecified atom stereocenters. The van der Waals surface area contributed by atoms with Gasteiger partial charge in [-0.1, -0.05) is 0 Å². The molecular weight excluding hydrogens is 218 g/mol. The maximum atomic E-state index is 12.2. The molecule has 0 atom stereocenters. The Hall–Kier alpha value is -0.810. The molecular formula is C12H23N3O2. The molecule has 0 aromatic rings. The van der Waals surface area contributed by atoms with Crippen molar-refractivity contribution in [2.24, 2.45) is 0 Å². The van der Waals surface area contributed by atoms with Crippen molar-refractivity contribution in [3.05, 3.63) is 0 Å². The van der Waals surface area contributed by atoms with E-state index in [1.807, 2.05) is 9.80 Å². The van der Waals surface area contributed by atoms with Gasteiger partial charge in [-0.15, -0.1) is 0 Å². The van der Waals surface area contributed by atoms with Crippen LogP contribution in [0.15, 0.2) is 0 Å². The Morgan fingerprint density at radius 1 is 0.941 bits per heavy atom. The number of amides is 2. The average Bonchev–Trinajstić information content (AvgIpc) is 2.39. The molecule has 2 rings (SSSR count). The second-order valence-corrected chi connectivity index (χ2v) is 5.00. The summed E-state index contributed by atoms with van der Waals surface area (Å²) >= 11 is 0.